The summed E-state index contributed by atoms with van der Waals surface area (Å²) < 4.78 is 5.39. The summed E-state index contributed by atoms with van der Waals surface area (Å²) >= 11 is 0. The molecule has 1 atom stereocenters. The molecule has 0 amide bonds. The molecular formula is C17H25NO2. The molecule has 20 heavy (non-hydrogen) atoms. The zero-order valence-corrected chi connectivity index (χ0v) is 12.3. The van der Waals surface area contributed by atoms with E-state index >= 15 is 0 Å². The van der Waals surface area contributed by atoms with E-state index in [-0.39, 0.29) is 5.41 Å². The van der Waals surface area contributed by atoms with E-state index in [1.807, 2.05) is 6.07 Å². The molecule has 3 N–H and O–H groups in total. The topological polar surface area (TPSA) is 55.5 Å². The van der Waals surface area contributed by atoms with E-state index in [0.717, 1.165) is 37.9 Å². The third-order valence-corrected chi connectivity index (χ3v) is 5.46. The van der Waals surface area contributed by atoms with Crippen molar-refractivity contribution in [3.05, 3.63) is 29.3 Å². The molecule has 1 aromatic carbocycles. The molecule has 2 aliphatic carbocycles. The molecule has 0 aliphatic heterocycles. The molecule has 0 heterocycles. The van der Waals surface area contributed by atoms with Crippen LogP contribution in [0.2, 0.25) is 0 Å². The summed E-state index contributed by atoms with van der Waals surface area (Å²) in [5.74, 6) is 0.901. The summed E-state index contributed by atoms with van der Waals surface area (Å²) in [5.41, 5.74) is 7.62. The summed E-state index contributed by atoms with van der Waals surface area (Å²) in [4.78, 5) is 0. The Bertz CT molecular complexity index is 494. The molecule has 110 valence electrons. The van der Waals surface area contributed by atoms with Gasteiger partial charge in [-0.3, -0.25) is 0 Å². The van der Waals surface area contributed by atoms with Crippen LogP contribution in [0.1, 0.15) is 49.7 Å². The Labute approximate surface area is 121 Å². The quantitative estimate of drug-likeness (QED) is 0.888. The lowest BCUT2D eigenvalue weighted by Crippen LogP contribution is -2.47. The van der Waals surface area contributed by atoms with Crippen molar-refractivity contribution in [3.63, 3.8) is 0 Å². The average Bonchev–Trinajstić information content (AvgIpc) is 3.04. The number of ether oxygens (including phenoxy) is 1. The van der Waals surface area contributed by atoms with E-state index < -0.39 is 5.60 Å². The number of fused-ring (bicyclic) bond motifs is 2. The van der Waals surface area contributed by atoms with Gasteiger partial charge in [0.2, 0.25) is 0 Å². The number of aliphatic hydroxyl groups is 1. The third kappa shape index (κ3) is 1.87. The first-order valence-electron chi connectivity index (χ1n) is 7.75. The van der Waals surface area contributed by atoms with Gasteiger partial charge in [0.05, 0.1) is 12.7 Å². The number of hydrogen-bond acceptors (Lipinski definition) is 3. The molecule has 2 aliphatic rings. The zero-order valence-electron chi connectivity index (χ0n) is 12.3. The van der Waals surface area contributed by atoms with Gasteiger partial charge in [-0.05, 0) is 55.5 Å². The molecule has 3 heteroatoms. The van der Waals surface area contributed by atoms with E-state index in [0.29, 0.717) is 6.54 Å². The molecule has 1 saturated carbocycles. The van der Waals surface area contributed by atoms with Crippen LogP contribution >= 0.6 is 0 Å². The Morgan fingerprint density at radius 2 is 2.05 bits per heavy atom. The summed E-state index contributed by atoms with van der Waals surface area (Å²) in [6, 6.07) is 6.30. The molecule has 0 saturated heterocycles. The predicted molar refractivity (Wildman–Crippen MR) is 80.1 cm³/mol. The number of methoxy groups -OCH3 is 1. The molecule has 1 aromatic rings. The minimum absolute atomic E-state index is 0.0634. The van der Waals surface area contributed by atoms with E-state index in [4.69, 9.17) is 10.5 Å². The molecular weight excluding hydrogens is 250 g/mol. The molecule has 1 spiro atoms. The van der Waals surface area contributed by atoms with Gasteiger partial charge in [0, 0.05) is 11.8 Å². The number of nitrogens with two attached hydrogens (primary N) is 1. The largest absolute Gasteiger partial charge is 0.497 e. The lowest BCUT2D eigenvalue weighted by atomic mass is 9.68. The van der Waals surface area contributed by atoms with Crippen molar-refractivity contribution in [1.82, 2.24) is 0 Å². The smallest absolute Gasteiger partial charge is 0.119 e. The second-order valence-electron chi connectivity index (χ2n) is 6.41. The van der Waals surface area contributed by atoms with E-state index in [1.165, 1.54) is 24.0 Å². The van der Waals surface area contributed by atoms with E-state index in [9.17, 15) is 5.11 Å². The van der Waals surface area contributed by atoms with Crippen molar-refractivity contribution in [2.75, 3.05) is 13.7 Å². The maximum atomic E-state index is 11.4. The predicted octanol–water partition coefficient (Wildman–Crippen LogP) is 2.53. The standard InChI is InChI=1S/C17H25NO2/c1-20-14-6-5-13-12-17(19,9-4-10-18)16(15(13)11-14)7-2-3-8-16/h5-6,11,19H,2-4,7-10,12,18H2,1H3. The van der Waals surface area contributed by atoms with Gasteiger partial charge in [-0.25, -0.2) is 0 Å². The van der Waals surface area contributed by atoms with Crippen LogP contribution in [0.3, 0.4) is 0 Å². The molecule has 0 aromatic heterocycles. The summed E-state index contributed by atoms with van der Waals surface area (Å²) in [7, 11) is 1.71. The summed E-state index contributed by atoms with van der Waals surface area (Å²) in [6.07, 6.45) is 7.07. The normalized spacial score (nSPS) is 26.9. The minimum Gasteiger partial charge on any atom is -0.497 e. The van der Waals surface area contributed by atoms with Crippen LogP contribution < -0.4 is 10.5 Å². The van der Waals surface area contributed by atoms with Crippen LogP contribution in [0.25, 0.3) is 0 Å². The Morgan fingerprint density at radius 1 is 1.30 bits per heavy atom. The third-order valence-electron chi connectivity index (χ3n) is 5.46. The number of rotatable bonds is 4. The molecule has 3 rings (SSSR count). The van der Waals surface area contributed by atoms with Crippen molar-refractivity contribution < 1.29 is 9.84 Å². The lowest BCUT2D eigenvalue weighted by molar-refractivity contribution is -0.0337. The van der Waals surface area contributed by atoms with Gasteiger partial charge in [-0.2, -0.15) is 0 Å². The first kappa shape index (κ1) is 13.9. The van der Waals surface area contributed by atoms with E-state index in [1.54, 1.807) is 7.11 Å². The zero-order chi connectivity index (χ0) is 14.2. The number of benzene rings is 1. The highest BCUT2D eigenvalue weighted by Crippen LogP contribution is 2.57. The Kier molecular flexibility index (Phi) is 3.51. The number of hydrogen-bond donors (Lipinski definition) is 2. The second-order valence-corrected chi connectivity index (χ2v) is 6.41. The fraction of sp³-hybridized carbons (Fsp3) is 0.647. The van der Waals surface area contributed by atoms with Gasteiger partial charge >= 0.3 is 0 Å². The highest BCUT2D eigenvalue weighted by molar-refractivity contribution is 5.49. The highest BCUT2D eigenvalue weighted by Gasteiger charge is 2.57. The van der Waals surface area contributed by atoms with Crippen molar-refractivity contribution >= 4 is 0 Å². The molecule has 0 bridgehead atoms. The van der Waals surface area contributed by atoms with Crippen LogP contribution in [-0.4, -0.2) is 24.4 Å². The van der Waals surface area contributed by atoms with Crippen LogP contribution in [0, 0.1) is 0 Å². The Morgan fingerprint density at radius 3 is 2.70 bits per heavy atom. The monoisotopic (exact) mass is 275 g/mol. The van der Waals surface area contributed by atoms with E-state index in [2.05, 4.69) is 12.1 Å². The van der Waals surface area contributed by atoms with Crippen LogP contribution in [0.15, 0.2) is 18.2 Å². The SMILES string of the molecule is COc1ccc2c(c1)C1(CCCC1)C(O)(CCCN)C2. The van der Waals surface area contributed by atoms with Gasteiger partial charge in [0.15, 0.2) is 0 Å². The fourth-order valence-electron chi connectivity index (χ4n) is 4.45. The van der Waals surface area contributed by atoms with Crippen molar-refractivity contribution in [3.8, 4) is 5.75 Å². The van der Waals surface area contributed by atoms with Gasteiger partial charge in [-0.15, -0.1) is 0 Å². The van der Waals surface area contributed by atoms with Gasteiger partial charge in [0.25, 0.3) is 0 Å². The van der Waals surface area contributed by atoms with Crippen molar-refractivity contribution in [2.45, 2.75) is 56.0 Å². The lowest BCUT2D eigenvalue weighted by Gasteiger charge is -2.40. The Hall–Kier alpha value is -1.06. The van der Waals surface area contributed by atoms with Gasteiger partial charge in [-0.1, -0.05) is 18.9 Å². The van der Waals surface area contributed by atoms with Crippen LogP contribution in [-0.2, 0) is 11.8 Å². The van der Waals surface area contributed by atoms with Crippen LogP contribution in [0.4, 0.5) is 0 Å². The van der Waals surface area contributed by atoms with Crippen molar-refractivity contribution in [1.29, 1.82) is 0 Å². The maximum Gasteiger partial charge on any atom is 0.119 e. The molecule has 1 unspecified atom stereocenters. The molecule has 1 fully saturated rings. The van der Waals surface area contributed by atoms with Gasteiger partial charge < -0.3 is 15.6 Å². The summed E-state index contributed by atoms with van der Waals surface area (Å²) in [5, 5.41) is 11.4. The first-order valence-corrected chi connectivity index (χ1v) is 7.75. The van der Waals surface area contributed by atoms with Crippen molar-refractivity contribution in [2.24, 2.45) is 5.73 Å². The maximum absolute atomic E-state index is 11.4. The average molecular weight is 275 g/mol. The van der Waals surface area contributed by atoms with Gasteiger partial charge in [0.1, 0.15) is 5.75 Å². The minimum atomic E-state index is -0.614. The fourth-order valence-corrected chi connectivity index (χ4v) is 4.45. The summed E-state index contributed by atoms with van der Waals surface area (Å²) in [6.45, 7) is 0.651. The highest BCUT2D eigenvalue weighted by atomic mass is 16.5. The second kappa shape index (κ2) is 5.05. The Balaban J connectivity index is 2.04. The van der Waals surface area contributed by atoms with Crippen LogP contribution in [0.5, 0.6) is 5.75 Å². The molecule has 0 radical (unpaired) electrons. The molecule has 3 nitrogen and oxygen atoms in total. The first-order chi connectivity index (χ1) is 9.65.